The van der Waals surface area contributed by atoms with Crippen LogP contribution in [0.1, 0.15) is 61.3 Å². The molecule has 0 rings (SSSR count). The lowest BCUT2D eigenvalue weighted by atomic mass is 9.91. The Morgan fingerprint density at radius 1 is 0.765 bits per heavy atom. The van der Waals surface area contributed by atoms with Gasteiger partial charge in [-0.3, -0.25) is 19.3 Å². The first-order valence-electron chi connectivity index (χ1n) is 12.3. The molecule has 1 amide bonds. The van der Waals surface area contributed by atoms with Crippen LogP contribution in [0.2, 0.25) is 0 Å². The van der Waals surface area contributed by atoms with E-state index in [9.17, 15) is 14.4 Å². The van der Waals surface area contributed by atoms with Crippen molar-refractivity contribution in [2.75, 3.05) is 72.5 Å². The topological polar surface area (TPSA) is 103 Å². The Labute approximate surface area is 206 Å². The quantitative estimate of drug-likeness (QED) is 0.260. The van der Waals surface area contributed by atoms with Crippen molar-refractivity contribution < 1.29 is 33.3 Å². The molecule has 0 saturated carbocycles. The van der Waals surface area contributed by atoms with Gasteiger partial charge in [-0.2, -0.15) is 0 Å². The lowest BCUT2D eigenvalue weighted by molar-refractivity contribution is -0.131. The molecular weight excluding hydrogens is 440 g/mol. The number of rotatable bonds is 20. The number of ketones is 2. The molecule has 9 heteroatoms. The second-order valence-corrected chi connectivity index (χ2v) is 10.2. The number of nitrogens with zero attached hydrogens (tertiary/aromatic N) is 1. The smallest absolute Gasteiger partial charge is 0.234 e. The van der Waals surface area contributed by atoms with Crippen LogP contribution in [0.4, 0.5) is 0 Å². The highest BCUT2D eigenvalue weighted by Gasteiger charge is 2.22. The molecule has 0 fully saturated rings. The van der Waals surface area contributed by atoms with E-state index in [2.05, 4.69) is 31.0 Å². The first-order chi connectivity index (χ1) is 15.9. The third-order valence-corrected chi connectivity index (χ3v) is 5.05. The average molecular weight is 489 g/mol. The first kappa shape index (κ1) is 32.6. The molecule has 0 aliphatic carbocycles. The summed E-state index contributed by atoms with van der Waals surface area (Å²) in [5, 5.41) is 2.85. The number of hydrogen-bond donors (Lipinski definition) is 1. The lowest BCUT2D eigenvalue weighted by Gasteiger charge is -2.33. The number of carbonyl (C=O) groups excluding carboxylic acids is 3. The molecule has 0 atom stereocenters. The normalized spacial score (nSPS) is 12.2. The Balaban J connectivity index is 3.52. The van der Waals surface area contributed by atoms with Gasteiger partial charge in [-0.15, -0.1) is 0 Å². The third-order valence-electron chi connectivity index (χ3n) is 5.05. The van der Waals surface area contributed by atoms with Crippen molar-refractivity contribution in [3.63, 3.8) is 0 Å². The van der Waals surface area contributed by atoms with E-state index in [-0.39, 0.29) is 36.2 Å². The van der Waals surface area contributed by atoms with Gasteiger partial charge in [0.25, 0.3) is 0 Å². The maximum atomic E-state index is 12.0. The van der Waals surface area contributed by atoms with E-state index in [0.29, 0.717) is 65.6 Å². The van der Waals surface area contributed by atoms with E-state index in [0.717, 1.165) is 6.54 Å². The zero-order valence-electron chi connectivity index (χ0n) is 22.5. The second kappa shape index (κ2) is 18.0. The van der Waals surface area contributed by atoms with Gasteiger partial charge in [0.1, 0.15) is 13.2 Å². The van der Waals surface area contributed by atoms with E-state index in [1.165, 1.54) is 0 Å². The van der Waals surface area contributed by atoms with Gasteiger partial charge in [0.15, 0.2) is 11.6 Å². The Hall–Kier alpha value is -1.39. The number of hydrogen-bond acceptors (Lipinski definition) is 8. The molecule has 0 aromatic carbocycles. The molecule has 0 aromatic heterocycles. The molecule has 9 nitrogen and oxygen atoms in total. The van der Waals surface area contributed by atoms with Gasteiger partial charge in [0.05, 0.1) is 39.6 Å². The molecular formula is C25H48N2O7. The van der Waals surface area contributed by atoms with E-state index in [1.54, 1.807) is 0 Å². The van der Waals surface area contributed by atoms with Crippen LogP contribution >= 0.6 is 0 Å². The van der Waals surface area contributed by atoms with Gasteiger partial charge >= 0.3 is 0 Å². The summed E-state index contributed by atoms with van der Waals surface area (Å²) in [7, 11) is 0. The van der Waals surface area contributed by atoms with Gasteiger partial charge < -0.3 is 24.3 Å². The molecule has 1 N–H and O–H groups in total. The number of nitrogens with one attached hydrogen (secondary N) is 1. The summed E-state index contributed by atoms with van der Waals surface area (Å²) in [5.41, 5.74) is -0.441. The molecule has 0 aliphatic heterocycles. The molecule has 34 heavy (non-hydrogen) atoms. The van der Waals surface area contributed by atoms with Crippen LogP contribution in [0.3, 0.4) is 0 Å². The number of carbonyl (C=O) groups is 3. The highest BCUT2D eigenvalue weighted by atomic mass is 16.5. The summed E-state index contributed by atoms with van der Waals surface area (Å²) in [6, 6.07) is 0. The number of ether oxygens (including phenoxy) is 4. The molecule has 0 aromatic rings. The van der Waals surface area contributed by atoms with E-state index >= 15 is 0 Å². The monoisotopic (exact) mass is 488 g/mol. The predicted octanol–water partition coefficient (Wildman–Crippen LogP) is 2.25. The van der Waals surface area contributed by atoms with Gasteiger partial charge in [-0.1, -0.05) is 27.7 Å². The minimum absolute atomic E-state index is 0.0159. The Kier molecular flexibility index (Phi) is 17.2. The van der Waals surface area contributed by atoms with Gasteiger partial charge in [0, 0.05) is 30.5 Å². The summed E-state index contributed by atoms with van der Waals surface area (Å²) in [5.74, 6) is 0.0573. The van der Waals surface area contributed by atoms with Crippen LogP contribution in [-0.2, 0) is 33.3 Å². The molecule has 0 spiro atoms. The summed E-state index contributed by atoms with van der Waals surface area (Å²) >= 11 is 0. The summed E-state index contributed by atoms with van der Waals surface area (Å²) in [6.45, 7) is 18.0. The maximum Gasteiger partial charge on any atom is 0.234 e. The first-order valence-corrected chi connectivity index (χ1v) is 12.3. The Morgan fingerprint density at radius 2 is 1.32 bits per heavy atom. The van der Waals surface area contributed by atoms with Gasteiger partial charge in [-0.05, 0) is 33.7 Å². The molecule has 0 unspecified atom stereocenters. The van der Waals surface area contributed by atoms with E-state index < -0.39 is 5.41 Å². The van der Waals surface area contributed by atoms with Crippen molar-refractivity contribution in [1.82, 2.24) is 10.2 Å². The van der Waals surface area contributed by atoms with Crippen molar-refractivity contribution in [2.24, 2.45) is 5.41 Å². The van der Waals surface area contributed by atoms with Crippen LogP contribution in [0, 0.1) is 5.41 Å². The van der Waals surface area contributed by atoms with Crippen molar-refractivity contribution in [3.8, 4) is 0 Å². The Morgan fingerprint density at radius 3 is 1.88 bits per heavy atom. The van der Waals surface area contributed by atoms with Crippen molar-refractivity contribution >= 4 is 17.5 Å². The van der Waals surface area contributed by atoms with Crippen LogP contribution in [0.25, 0.3) is 0 Å². The van der Waals surface area contributed by atoms with E-state index in [1.807, 2.05) is 27.7 Å². The fourth-order valence-corrected chi connectivity index (χ4v) is 2.77. The third kappa shape index (κ3) is 18.0. The molecule has 200 valence electrons. The van der Waals surface area contributed by atoms with Crippen LogP contribution in [0.15, 0.2) is 0 Å². The summed E-state index contributed by atoms with van der Waals surface area (Å²) in [6.07, 6.45) is 1.00. The van der Waals surface area contributed by atoms with Gasteiger partial charge in [-0.25, -0.2) is 0 Å². The number of amides is 1. The standard InChI is InChI=1S/C25H48N2O7/c1-8-27(25(5,6)7)18-23(30)26-11-13-32-15-16-33-19-21(28)10-9-12-31-14-17-34-20-22(29)24(2,3)4/h8-20H2,1-7H3,(H,26,30). The average Bonchev–Trinajstić information content (AvgIpc) is 2.73. The molecule has 0 bridgehead atoms. The lowest BCUT2D eigenvalue weighted by Crippen LogP contribution is -2.47. The molecule has 0 aliphatic rings. The Bertz CT molecular complexity index is 583. The predicted molar refractivity (Wildman–Crippen MR) is 132 cm³/mol. The number of Topliss-reactive ketones (excluding diaryl/α,β-unsaturated/α-hetero) is 2. The van der Waals surface area contributed by atoms with Crippen molar-refractivity contribution in [2.45, 2.75) is 66.8 Å². The largest absolute Gasteiger partial charge is 0.379 e. The summed E-state index contributed by atoms with van der Waals surface area (Å²) < 4.78 is 21.5. The molecule has 0 radical (unpaired) electrons. The van der Waals surface area contributed by atoms with Crippen LogP contribution < -0.4 is 5.32 Å². The fraction of sp³-hybridized carbons (Fsp3) is 0.880. The number of likely N-dealkylation sites (N-methyl/N-ethyl adjacent to an activating group) is 1. The molecule has 0 saturated heterocycles. The van der Waals surface area contributed by atoms with Gasteiger partial charge in [0.2, 0.25) is 5.91 Å². The molecule has 0 heterocycles. The fourth-order valence-electron chi connectivity index (χ4n) is 2.77. The zero-order valence-corrected chi connectivity index (χ0v) is 22.5. The SMILES string of the molecule is CCN(CC(=O)NCCOCCOCC(=O)CCCOCCOCC(=O)C(C)(C)C)C(C)(C)C. The highest BCUT2D eigenvalue weighted by Crippen LogP contribution is 2.14. The van der Waals surface area contributed by atoms with E-state index in [4.69, 9.17) is 18.9 Å². The van der Waals surface area contributed by atoms with Crippen LogP contribution in [-0.4, -0.2) is 100 Å². The minimum Gasteiger partial charge on any atom is -0.379 e. The zero-order chi connectivity index (χ0) is 26.0. The maximum absolute atomic E-state index is 12.0. The minimum atomic E-state index is -0.393. The highest BCUT2D eigenvalue weighted by molar-refractivity contribution is 5.84. The van der Waals surface area contributed by atoms with Crippen LogP contribution in [0.5, 0.6) is 0 Å². The summed E-state index contributed by atoms with van der Waals surface area (Å²) in [4.78, 5) is 37.6. The van der Waals surface area contributed by atoms with Crippen molar-refractivity contribution in [1.29, 1.82) is 0 Å². The van der Waals surface area contributed by atoms with Crippen molar-refractivity contribution in [3.05, 3.63) is 0 Å². The second-order valence-electron chi connectivity index (χ2n) is 10.2.